The molecule has 2 aromatic carbocycles. The van der Waals surface area contributed by atoms with Gasteiger partial charge in [0.05, 0.1) is 12.8 Å². The van der Waals surface area contributed by atoms with Crippen molar-refractivity contribution < 1.29 is 17.5 Å². The zero-order valence-corrected chi connectivity index (χ0v) is 20.2. The number of piperazine rings is 1. The molecule has 1 aliphatic heterocycles. The van der Waals surface area contributed by atoms with E-state index >= 15 is 0 Å². The number of benzene rings is 2. The predicted octanol–water partition coefficient (Wildman–Crippen LogP) is 4.70. The van der Waals surface area contributed by atoms with Crippen molar-refractivity contribution in [3.8, 4) is 5.75 Å². The average Bonchev–Trinajstić information content (AvgIpc) is 3.21. The Kier molecular flexibility index (Phi) is 6.92. The molecular weight excluding hydrogens is 496 g/mol. The number of sulfonamides is 1. The number of nitrogens with zero attached hydrogens (tertiary/aromatic N) is 3. The fourth-order valence-electron chi connectivity index (χ4n) is 3.56. The van der Waals surface area contributed by atoms with Crippen LogP contribution in [0.1, 0.15) is 11.3 Å². The highest BCUT2D eigenvalue weighted by atomic mass is 35.5. The van der Waals surface area contributed by atoms with E-state index < -0.39 is 10.0 Å². The summed E-state index contributed by atoms with van der Waals surface area (Å²) in [7, 11) is -2.32. The molecule has 170 valence electrons. The van der Waals surface area contributed by atoms with Crippen LogP contribution >= 0.6 is 34.5 Å². The second-order valence-corrected chi connectivity index (χ2v) is 10.9. The Morgan fingerprint density at radius 1 is 1.09 bits per heavy atom. The molecule has 32 heavy (non-hydrogen) atoms. The molecular formula is C21H20Cl2FN3O3S2. The Labute approximate surface area is 200 Å². The SMILES string of the molecule is COc1ccc(Cl)cc1S(=O)(=O)N1CCN(c2nc(Cc3cc(F)cc(Cl)c3)cs2)CC1. The number of ether oxygens (including phenoxy) is 1. The van der Waals surface area contributed by atoms with Crippen molar-refractivity contribution in [1.82, 2.24) is 9.29 Å². The van der Waals surface area contributed by atoms with Gasteiger partial charge in [0.15, 0.2) is 5.13 Å². The molecule has 0 N–H and O–H groups in total. The normalized spacial score (nSPS) is 15.2. The minimum atomic E-state index is -3.74. The molecule has 0 saturated carbocycles. The van der Waals surface area contributed by atoms with E-state index in [4.69, 9.17) is 27.9 Å². The summed E-state index contributed by atoms with van der Waals surface area (Å²) in [5.41, 5.74) is 1.56. The zero-order valence-electron chi connectivity index (χ0n) is 17.1. The highest BCUT2D eigenvalue weighted by Gasteiger charge is 2.31. The van der Waals surface area contributed by atoms with Crippen LogP contribution in [-0.2, 0) is 16.4 Å². The fourth-order valence-corrected chi connectivity index (χ4v) is 6.52. The molecule has 3 aromatic rings. The van der Waals surface area contributed by atoms with Crippen molar-refractivity contribution in [2.45, 2.75) is 11.3 Å². The Bertz CT molecular complexity index is 1210. The third-order valence-electron chi connectivity index (χ3n) is 5.10. The van der Waals surface area contributed by atoms with Crippen molar-refractivity contribution in [3.05, 3.63) is 68.9 Å². The second kappa shape index (κ2) is 9.52. The van der Waals surface area contributed by atoms with Gasteiger partial charge in [0.1, 0.15) is 16.5 Å². The van der Waals surface area contributed by atoms with Crippen molar-refractivity contribution in [3.63, 3.8) is 0 Å². The van der Waals surface area contributed by atoms with Crippen molar-refractivity contribution >= 4 is 49.7 Å². The highest BCUT2D eigenvalue weighted by Crippen LogP contribution is 2.31. The van der Waals surface area contributed by atoms with Gasteiger partial charge < -0.3 is 9.64 Å². The monoisotopic (exact) mass is 515 g/mol. The van der Waals surface area contributed by atoms with E-state index in [1.807, 2.05) is 10.3 Å². The van der Waals surface area contributed by atoms with Gasteiger partial charge in [-0.3, -0.25) is 0 Å². The number of methoxy groups -OCH3 is 1. The second-order valence-electron chi connectivity index (χ2n) is 7.26. The molecule has 1 aromatic heterocycles. The minimum absolute atomic E-state index is 0.0613. The van der Waals surface area contributed by atoms with Gasteiger partial charge in [-0.1, -0.05) is 23.2 Å². The molecule has 0 atom stereocenters. The Hall–Kier alpha value is -1.91. The molecule has 1 aliphatic rings. The highest BCUT2D eigenvalue weighted by molar-refractivity contribution is 7.89. The molecule has 0 radical (unpaired) electrons. The smallest absolute Gasteiger partial charge is 0.246 e. The van der Waals surface area contributed by atoms with Crippen molar-refractivity contribution in [2.24, 2.45) is 0 Å². The van der Waals surface area contributed by atoms with E-state index in [0.29, 0.717) is 42.6 Å². The van der Waals surface area contributed by atoms with Crippen LogP contribution in [0.4, 0.5) is 9.52 Å². The van der Waals surface area contributed by atoms with E-state index in [2.05, 4.69) is 4.98 Å². The fraction of sp³-hybridized carbons (Fsp3) is 0.286. The number of rotatable bonds is 6. The van der Waals surface area contributed by atoms with Crippen molar-refractivity contribution in [2.75, 3.05) is 38.2 Å². The minimum Gasteiger partial charge on any atom is -0.495 e. The van der Waals surface area contributed by atoms with Crippen molar-refractivity contribution in [1.29, 1.82) is 0 Å². The van der Waals surface area contributed by atoms with E-state index in [1.54, 1.807) is 18.2 Å². The number of hydrogen-bond donors (Lipinski definition) is 0. The molecule has 0 amide bonds. The van der Waals surface area contributed by atoms with E-state index in [0.717, 1.165) is 16.4 Å². The molecule has 1 fully saturated rings. The molecule has 11 heteroatoms. The number of halogens is 3. The topological polar surface area (TPSA) is 62.7 Å². The van der Waals surface area contributed by atoms with Gasteiger partial charge in [0, 0.05) is 48.0 Å². The molecule has 0 aliphatic carbocycles. The van der Waals surface area contributed by atoms with Gasteiger partial charge in [0.2, 0.25) is 10.0 Å². The first-order chi connectivity index (χ1) is 15.3. The molecule has 1 saturated heterocycles. The summed E-state index contributed by atoms with van der Waals surface area (Å²) in [5, 5.41) is 3.41. The number of hydrogen-bond acceptors (Lipinski definition) is 6. The lowest BCUT2D eigenvalue weighted by molar-refractivity contribution is 0.374. The van der Waals surface area contributed by atoms with Gasteiger partial charge in [0.25, 0.3) is 0 Å². The standard InChI is InChI=1S/C21H20Cl2FN3O3S2/c1-30-19-3-2-15(22)12-20(19)32(28,29)27-6-4-26(5-7-27)21-25-18(13-31-21)10-14-8-16(23)11-17(24)9-14/h2-3,8-9,11-13H,4-7,10H2,1H3. The largest absolute Gasteiger partial charge is 0.495 e. The van der Waals surface area contributed by atoms with Crippen LogP contribution in [0.3, 0.4) is 0 Å². The lowest BCUT2D eigenvalue weighted by atomic mass is 10.1. The molecule has 6 nitrogen and oxygen atoms in total. The lowest BCUT2D eigenvalue weighted by Gasteiger charge is -2.34. The average molecular weight is 516 g/mol. The summed E-state index contributed by atoms with van der Waals surface area (Å²) in [6.45, 7) is 1.63. The van der Waals surface area contributed by atoms with Crippen LogP contribution in [0, 0.1) is 5.82 Å². The van der Waals surface area contributed by atoms with Gasteiger partial charge in [-0.15, -0.1) is 11.3 Å². The summed E-state index contributed by atoms with van der Waals surface area (Å²) in [6, 6.07) is 8.98. The summed E-state index contributed by atoms with van der Waals surface area (Å²) in [6.07, 6.45) is 0.469. The Balaban J connectivity index is 1.44. The first-order valence-corrected chi connectivity index (χ1v) is 12.8. The first kappa shape index (κ1) is 23.3. The Morgan fingerprint density at radius 2 is 1.84 bits per heavy atom. The molecule has 2 heterocycles. The predicted molar refractivity (Wildman–Crippen MR) is 125 cm³/mol. The molecule has 0 spiro atoms. The number of aromatic nitrogens is 1. The van der Waals surface area contributed by atoms with Crippen LogP contribution in [0.5, 0.6) is 5.75 Å². The third-order valence-corrected chi connectivity index (χ3v) is 8.42. The van der Waals surface area contributed by atoms with Gasteiger partial charge in [-0.05, 0) is 42.0 Å². The molecule has 0 bridgehead atoms. The molecule has 0 unspecified atom stereocenters. The maximum atomic E-state index is 13.6. The van der Waals surface area contributed by atoms with E-state index in [1.165, 1.54) is 41.0 Å². The van der Waals surface area contributed by atoms with E-state index in [-0.39, 0.29) is 16.5 Å². The zero-order chi connectivity index (χ0) is 22.9. The maximum absolute atomic E-state index is 13.6. The molecule has 4 rings (SSSR count). The summed E-state index contributed by atoms with van der Waals surface area (Å²) >= 11 is 13.4. The quantitative estimate of drug-likeness (QED) is 0.476. The first-order valence-electron chi connectivity index (χ1n) is 9.74. The van der Waals surface area contributed by atoms with E-state index in [9.17, 15) is 12.8 Å². The van der Waals surface area contributed by atoms with Crippen LogP contribution in [0.25, 0.3) is 0 Å². The van der Waals surface area contributed by atoms with Crippen LogP contribution < -0.4 is 9.64 Å². The maximum Gasteiger partial charge on any atom is 0.246 e. The third kappa shape index (κ3) is 5.02. The van der Waals surface area contributed by atoms with Gasteiger partial charge in [-0.2, -0.15) is 4.31 Å². The summed E-state index contributed by atoms with van der Waals surface area (Å²) < 4.78 is 46.5. The number of anilines is 1. The van der Waals surface area contributed by atoms with Gasteiger partial charge in [-0.25, -0.2) is 17.8 Å². The Morgan fingerprint density at radius 3 is 2.53 bits per heavy atom. The van der Waals surface area contributed by atoms with Crippen LogP contribution in [0.15, 0.2) is 46.7 Å². The van der Waals surface area contributed by atoms with Crippen LogP contribution in [-0.4, -0.2) is 51.0 Å². The summed E-state index contributed by atoms with van der Waals surface area (Å²) in [5.74, 6) is -0.115. The van der Waals surface area contributed by atoms with Crippen LogP contribution in [0.2, 0.25) is 10.0 Å². The lowest BCUT2D eigenvalue weighted by Crippen LogP contribution is -2.48. The number of thiazole rings is 1. The van der Waals surface area contributed by atoms with Gasteiger partial charge >= 0.3 is 0 Å². The summed E-state index contributed by atoms with van der Waals surface area (Å²) in [4.78, 5) is 6.76.